The van der Waals surface area contributed by atoms with E-state index in [1.165, 1.54) is 12.1 Å². The molecule has 1 aliphatic heterocycles. The lowest BCUT2D eigenvalue weighted by Crippen LogP contribution is -2.31. The topological polar surface area (TPSA) is 53.4 Å². The van der Waals surface area contributed by atoms with Crippen molar-refractivity contribution in [2.75, 3.05) is 37.4 Å². The summed E-state index contributed by atoms with van der Waals surface area (Å²) in [7, 11) is 4.27. The van der Waals surface area contributed by atoms with Gasteiger partial charge in [0.2, 0.25) is 0 Å². The highest BCUT2D eigenvalue weighted by atomic mass is 16.1. The number of imidazole rings is 1. The molecule has 2 aromatic carbocycles. The first-order valence-electron chi connectivity index (χ1n) is 9.51. The zero-order valence-corrected chi connectivity index (χ0v) is 16.2. The van der Waals surface area contributed by atoms with Crippen molar-refractivity contribution in [3.05, 3.63) is 72.8 Å². The second kappa shape index (κ2) is 7.86. The molecule has 6 nitrogen and oxygen atoms in total. The van der Waals surface area contributed by atoms with Crippen molar-refractivity contribution in [3.8, 4) is 5.69 Å². The second-order valence-electron chi connectivity index (χ2n) is 7.37. The van der Waals surface area contributed by atoms with Gasteiger partial charge in [-0.15, -0.1) is 0 Å². The molecular formula is C22H25N5O. The number of nitrogens with zero attached hydrogens (tertiary/aromatic N) is 4. The van der Waals surface area contributed by atoms with Gasteiger partial charge in [-0.3, -0.25) is 4.79 Å². The molecule has 1 amide bonds. The van der Waals surface area contributed by atoms with E-state index in [0.717, 1.165) is 24.5 Å². The van der Waals surface area contributed by atoms with Gasteiger partial charge >= 0.3 is 0 Å². The minimum Gasteiger partial charge on any atom is -0.370 e. The number of anilines is 2. The zero-order valence-electron chi connectivity index (χ0n) is 16.2. The van der Waals surface area contributed by atoms with E-state index in [4.69, 9.17) is 0 Å². The highest BCUT2D eigenvalue weighted by molar-refractivity contribution is 6.04. The largest absolute Gasteiger partial charge is 0.370 e. The van der Waals surface area contributed by atoms with E-state index in [-0.39, 0.29) is 5.91 Å². The fourth-order valence-corrected chi connectivity index (χ4v) is 3.55. The number of aromatic nitrogens is 2. The molecule has 1 fully saturated rings. The first-order chi connectivity index (χ1) is 13.6. The lowest BCUT2D eigenvalue weighted by Gasteiger charge is -2.22. The standard InChI is InChI=1S/C22H25N5O/c1-25(2)21-11-13-26(15-21)19-9-5-18(6-10-19)24-22(28)17-3-7-20(8-4-17)27-14-12-23-16-27/h3-10,12,14,16,21H,11,13,15H2,1-2H3,(H,24,28). The van der Waals surface area contributed by atoms with Crippen molar-refractivity contribution < 1.29 is 4.79 Å². The maximum Gasteiger partial charge on any atom is 0.255 e. The highest BCUT2D eigenvalue weighted by Crippen LogP contribution is 2.24. The average Bonchev–Trinajstić information content (AvgIpc) is 3.41. The number of hydrogen-bond donors (Lipinski definition) is 1. The van der Waals surface area contributed by atoms with E-state index < -0.39 is 0 Å². The van der Waals surface area contributed by atoms with Crippen molar-refractivity contribution in [1.82, 2.24) is 14.5 Å². The Morgan fingerprint density at radius 3 is 2.39 bits per heavy atom. The van der Waals surface area contributed by atoms with Crippen LogP contribution >= 0.6 is 0 Å². The Balaban J connectivity index is 1.38. The van der Waals surface area contributed by atoms with Crippen molar-refractivity contribution >= 4 is 17.3 Å². The van der Waals surface area contributed by atoms with Crippen LogP contribution in [0.15, 0.2) is 67.3 Å². The van der Waals surface area contributed by atoms with Crippen LogP contribution in [0.2, 0.25) is 0 Å². The molecular weight excluding hydrogens is 350 g/mol. The van der Waals surface area contributed by atoms with E-state index in [1.54, 1.807) is 12.5 Å². The first kappa shape index (κ1) is 18.3. The summed E-state index contributed by atoms with van der Waals surface area (Å²) in [6.07, 6.45) is 6.52. The van der Waals surface area contributed by atoms with Gasteiger partial charge in [0.1, 0.15) is 0 Å². The van der Waals surface area contributed by atoms with Crippen LogP contribution in [0.5, 0.6) is 0 Å². The SMILES string of the molecule is CN(C)C1CCN(c2ccc(NC(=O)c3ccc(-n4ccnc4)cc3)cc2)C1. The van der Waals surface area contributed by atoms with Gasteiger partial charge in [-0.25, -0.2) is 4.98 Å². The van der Waals surface area contributed by atoms with Crippen LogP contribution in [0.1, 0.15) is 16.8 Å². The third kappa shape index (κ3) is 3.92. The quantitative estimate of drug-likeness (QED) is 0.744. The summed E-state index contributed by atoms with van der Waals surface area (Å²) < 4.78 is 1.90. The molecule has 1 atom stereocenters. The minimum atomic E-state index is -0.112. The van der Waals surface area contributed by atoms with E-state index >= 15 is 0 Å². The van der Waals surface area contributed by atoms with Gasteiger partial charge in [-0.05, 0) is 69.0 Å². The Labute approximate surface area is 165 Å². The summed E-state index contributed by atoms with van der Waals surface area (Å²) in [4.78, 5) is 21.2. The van der Waals surface area contributed by atoms with Crippen molar-refractivity contribution in [3.63, 3.8) is 0 Å². The maximum absolute atomic E-state index is 12.5. The molecule has 1 aromatic heterocycles. The van der Waals surface area contributed by atoms with Crippen LogP contribution in [0, 0.1) is 0 Å². The molecule has 2 heterocycles. The van der Waals surface area contributed by atoms with Crippen LogP contribution in [-0.2, 0) is 0 Å². The number of rotatable bonds is 5. The van der Waals surface area contributed by atoms with Crippen molar-refractivity contribution in [2.24, 2.45) is 0 Å². The first-order valence-corrected chi connectivity index (χ1v) is 9.51. The summed E-state index contributed by atoms with van der Waals surface area (Å²) in [6.45, 7) is 2.11. The predicted molar refractivity (Wildman–Crippen MR) is 112 cm³/mol. The van der Waals surface area contributed by atoms with Gasteiger partial charge in [-0.2, -0.15) is 0 Å². The molecule has 6 heteroatoms. The van der Waals surface area contributed by atoms with Crippen LogP contribution in [0.25, 0.3) is 5.69 Å². The molecule has 0 bridgehead atoms. The Morgan fingerprint density at radius 1 is 1.07 bits per heavy atom. The number of carbonyl (C=O) groups excluding carboxylic acids is 1. The van der Waals surface area contributed by atoms with Gasteiger partial charge < -0.3 is 19.7 Å². The molecule has 28 heavy (non-hydrogen) atoms. The molecule has 144 valence electrons. The fourth-order valence-electron chi connectivity index (χ4n) is 3.55. The number of carbonyl (C=O) groups is 1. The molecule has 0 aliphatic carbocycles. The number of amides is 1. The third-order valence-electron chi connectivity index (χ3n) is 5.32. The molecule has 0 saturated carbocycles. The Morgan fingerprint density at radius 2 is 1.79 bits per heavy atom. The number of nitrogens with one attached hydrogen (secondary N) is 1. The summed E-state index contributed by atoms with van der Waals surface area (Å²) in [5.41, 5.74) is 3.60. The minimum absolute atomic E-state index is 0.112. The van der Waals surface area contributed by atoms with Gasteiger partial charge in [0.05, 0.1) is 6.33 Å². The normalized spacial score (nSPS) is 16.5. The fraction of sp³-hybridized carbons (Fsp3) is 0.273. The summed E-state index contributed by atoms with van der Waals surface area (Å²) in [5, 5.41) is 2.97. The van der Waals surface area contributed by atoms with E-state index in [1.807, 2.05) is 47.2 Å². The molecule has 3 aromatic rings. The van der Waals surface area contributed by atoms with Gasteiger partial charge in [0, 0.05) is 54.2 Å². The lowest BCUT2D eigenvalue weighted by molar-refractivity contribution is 0.102. The van der Waals surface area contributed by atoms with Crippen LogP contribution < -0.4 is 10.2 Å². The van der Waals surface area contributed by atoms with E-state index in [0.29, 0.717) is 11.6 Å². The molecule has 0 radical (unpaired) electrons. The third-order valence-corrected chi connectivity index (χ3v) is 5.32. The molecule has 1 N–H and O–H groups in total. The van der Waals surface area contributed by atoms with Gasteiger partial charge in [-0.1, -0.05) is 0 Å². The van der Waals surface area contributed by atoms with Gasteiger partial charge in [0.15, 0.2) is 0 Å². The monoisotopic (exact) mass is 375 g/mol. The van der Waals surface area contributed by atoms with Crippen LogP contribution in [0.3, 0.4) is 0 Å². The number of hydrogen-bond acceptors (Lipinski definition) is 4. The Bertz CT molecular complexity index is 917. The maximum atomic E-state index is 12.5. The summed E-state index contributed by atoms with van der Waals surface area (Å²) in [5.74, 6) is -0.112. The Kier molecular flexibility index (Phi) is 5.12. The molecule has 0 spiro atoms. The van der Waals surface area contributed by atoms with Crippen LogP contribution in [-0.4, -0.2) is 53.6 Å². The van der Waals surface area contributed by atoms with Crippen molar-refractivity contribution in [1.29, 1.82) is 0 Å². The predicted octanol–water partition coefficient (Wildman–Crippen LogP) is 3.26. The average molecular weight is 375 g/mol. The smallest absolute Gasteiger partial charge is 0.255 e. The molecule has 1 unspecified atom stereocenters. The highest BCUT2D eigenvalue weighted by Gasteiger charge is 2.23. The molecule has 1 saturated heterocycles. The van der Waals surface area contributed by atoms with E-state index in [9.17, 15) is 4.79 Å². The number of benzene rings is 2. The zero-order chi connectivity index (χ0) is 19.5. The van der Waals surface area contributed by atoms with E-state index in [2.05, 4.69) is 46.3 Å². The summed E-state index contributed by atoms with van der Waals surface area (Å²) >= 11 is 0. The molecule has 1 aliphatic rings. The Hall–Kier alpha value is -3.12. The van der Waals surface area contributed by atoms with Crippen molar-refractivity contribution in [2.45, 2.75) is 12.5 Å². The summed E-state index contributed by atoms with van der Waals surface area (Å²) in [6, 6.07) is 16.2. The number of likely N-dealkylation sites (N-methyl/N-ethyl adjacent to an activating group) is 1. The van der Waals surface area contributed by atoms with Crippen LogP contribution in [0.4, 0.5) is 11.4 Å². The molecule has 4 rings (SSSR count). The van der Waals surface area contributed by atoms with Gasteiger partial charge in [0.25, 0.3) is 5.91 Å². The lowest BCUT2D eigenvalue weighted by atomic mass is 10.2. The second-order valence-corrected chi connectivity index (χ2v) is 7.37.